The highest BCUT2D eigenvalue weighted by Crippen LogP contribution is 2.16. The van der Waals surface area contributed by atoms with Gasteiger partial charge in [-0.05, 0) is 29.9 Å². The summed E-state index contributed by atoms with van der Waals surface area (Å²) in [5.41, 5.74) is 7.91. The first-order valence-electron chi connectivity index (χ1n) is 7.25. The Balaban J connectivity index is 1.91. The van der Waals surface area contributed by atoms with Crippen molar-refractivity contribution in [2.75, 3.05) is 11.5 Å². The Bertz CT molecular complexity index is 294. The van der Waals surface area contributed by atoms with Gasteiger partial charge in [-0.25, -0.2) is 0 Å². The maximum absolute atomic E-state index is 5.66. The maximum atomic E-state index is 5.66. The number of hydrogen-bond donors (Lipinski definition) is 1. The van der Waals surface area contributed by atoms with Gasteiger partial charge in [0, 0.05) is 11.4 Å². The minimum atomic E-state index is 0.857. The predicted molar refractivity (Wildman–Crippen MR) is 85.0 cm³/mol. The highest BCUT2D eigenvalue weighted by molar-refractivity contribution is 7.98. The SMILES string of the molecule is CCCCCCCCCSCc1ccc(N)cc1. The van der Waals surface area contributed by atoms with E-state index >= 15 is 0 Å². The number of unbranched alkanes of at least 4 members (excludes halogenated alkanes) is 6. The second-order valence-corrected chi connectivity index (χ2v) is 6.02. The van der Waals surface area contributed by atoms with E-state index in [1.165, 1.54) is 56.3 Å². The molecule has 1 aromatic rings. The topological polar surface area (TPSA) is 26.0 Å². The van der Waals surface area contributed by atoms with E-state index in [9.17, 15) is 0 Å². The third-order valence-electron chi connectivity index (χ3n) is 3.14. The fraction of sp³-hybridized carbons (Fsp3) is 0.625. The number of thioether (sulfide) groups is 1. The van der Waals surface area contributed by atoms with Crippen LogP contribution in [0.3, 0.4) is 0 Å². The van der Waals surface area contributed by atoms with E-state index in [1.54, 1.807) is 0 Å². The van der Waals surface area contributed by atoms with Crippen LogP contribution in [0.15, 0.2) is 24.3 Å². The molecule has 0 saturated heterocycles. The van der Waals surface area contributed by atoms with E-state index in [0.29, 0.717) is 0 Å². The fourth-order valence-corrected chi connectivity index (χ4v) is 2.95. The van der Waals surface area contributed by atoms with Gasteiger partial charge in [-0.15, -0.1) is 0 Å². The quantitative estimate of drug-likeness (QED) is 0.462. The summed E-state index contributed by atoms with van der Waals surface area (Å²) in [6, 6.07) is 8.24. The van der Waals surface area contributed by atoms with Crippen molar-refractivity contribution in [1.82, 2.24) is 0 Å². The fourth-order valence-electron chi connectivity index (χ4n) is 1.97. The molecule has 1 aromatic carbocycles. The number of benzene rings is 1. The van der Waals surface area contributed by atoms with Gasteiger partial charge in [0.15, 0.2) is 0 Å². The second-order valence-electron chi connectivity index (χ2n) is 4.92. The maximum Gasteiger partial charge on any atom is 0.0314 e. The zero-order valence-electron chi connectivity index (χ0n) is 11.7. The first-order valence-corrected chi connectivity index (χ1v) is 8.40. The molecule has 1 nitrogen and oxygen atoms in total. The van der Waals surface area contributed by atoms with E-state index in [0.717, 1.165) is 11.4 Å². The van der Waals surface area contributed by atoms with Crippen molar-refractivity contribution in [1.29, 1.82) is 0 Å². The lowest BCUT2D eigenvalue weighted by Gasteiger charge is -2.03. The van der Waals surface area contributed by atoms with Crippen molar-refractivity contribution in [2.45, 2.75) is 57.6 Å². The van der Waals surface area contributed by atoms with E-state index in [-0.39, 0.29) is 0 Å². The van der Waals surface area contributed by atoms with Crippen molar-refractivity contribution in [3.63, 3.8) is 0 Å². The summed E-state index contributed by atoms with van der Waals surface area (Å²) in [5.74, 6) is 2.41. The molecule has 0 amide bonds. The van der Waals surface area contributed by atoms with Crippen molar-refractivity contribution >= 4 is 17.4 Å². The molecule has 0 aromatic heterocycles. The zero-order chi connectivity index (χ0) is 13.1. The molecule has 0 atom stereocenters. The summed E-state index contributed by atoms with van der Waals surface area (Å²) in [6.45, 7) is 2.27. The van der Waals surface area contributed by atoms with Crippen molar-refractivity contribution in [3.8, 4) is 0 Å². The molecule has 0 spiro atoms. The lowest BCUT2D eigenvalue weighted by atomic mass is 10.1. The Labute approximate surface area is 117 Å². The Hall–Kier alpha value is -0.630. The van der Waals surface area contributed by atoms with Gasteiger partial charge in [-0.3, -0.25) is 0 Å². The van der Waals surface area contributed by atoms with E-state index in [1.807, 2.05) is 23.9 Å². The van der Waals surface area contributed by atoms with Crippen LogP contribution in [0.5, 0.6) is 0 Å². The normalized spacial score (nSPS) is 10.7. The monoisotopic (exact) mass is 265 g/mol. The number of rotatable bonds is 10. The number of anilines is 1. The smallest absolute Gasteiger partial charge is 0.0314 e. The van der Waals surface area contributed by atoms with Crippen LogP contribution >= 0.6 is 11.8 Å². The van der Waals surface area contributed by atoms with Crippen molar-refractivity contribution in [2.24, 2.45) is 0 Å². The van der Waals surface area contributed by atoms with Gasteiger partial charge in [0.05, 0.1) is 0 Å². The minimum absolute atomic E-state index is 0.857. The number of hydrogen-bond acceptors (Lipinski definition) is 2. The summed E-state index contributed by atoms with van der Waals surface area (Å²) < 4.78 is 0. The summed E-state index contributed by atoms with van der Waals surface area (Å²) in [5, 5.41) is 0. The van der Waals surface area contributed by atoms with Gasteiger partial charge >= 0.3 is 0 Å². The molecule has 0 aliphatic rings. The molecule has 0 bridgehead atoms. The Morgan fingerprint density at radius 2 is 1.50 bits per heavy atom. The van der Waals surface area contributed by atoms with Crippen LogP contribution in [0, 0.1) is 0 Å². The first kappa shape index (κ1) is 15.4. The highest BCUT2D eigenvalue weighted by Gasteiger charge is 1.95. The highest BCUT2D eigenvalue weighted by atomic mass is 32.2. The van der Waals surface area contributed by atoms with E-state index < -0.39 is 0 Å². The predicted octanol–water partition coefficient (Wildman–Crippen LogP) is 5.25. The van der Waals surface area contributed by atoms with Gasteiger partial charge in [0.2, 0.25) is 0 Å². The average molecular weight is 265 g/mol. The zero-order valence-corrected chi connectivity index (χ0v) is 12.5. The van der Waals surface area contributed by atoms with Crippen molar-refractivity contribution in [3.05, 3.63) is 29.8 Å². The van der Waals surface area contributed by atoms with Gasteiger partial charge in [0.1, 0.15) is 0 Å². The molecular formula is C16H27NS. The molecule has 0 saturated carbocycles. The molecule has 102 valence electrons. The molecule has 2 heteroatoms. The van der Waals surface area contributed by atoms with Crippen LogP contribution in [-0.4, -0.2) is 5.75 Å². The lowest BCUT2D eigenvalue weighted by molar-refractivity contribution is 0.603. The summed E-state index contributed by atoms with van der Waals surface area (Å²) in [4.78, 5) is 0. The molecule has 2 N–H and O–H groups in total. The lowest BCUT2D eigenvalue weighted by Crippen LogP contribution is -1.87. The molecule has 0 fully saturated rings. The van der Waals surface area contributed by atoms with Gasteiger partial charge in [0.25, 0.3) is 0 Å². The van der Waals surface area contributed by atoms with Crippen molar-refractivity contribution < 1.29 is 0 Å². The van der Waals surface area contributed by atoms with Crippen LogP contribution in [0.1, 0.15) is 57.4 Å². The number of nitrogen functional groups attached to an aromatic ring is 1. The average Bonchev–Trinajstić information content (AvgIpc) is 2.39. The molecular weight excluding hydrogens is 238 g/mol. The Morgan fingerprint density at radius 3 is 2.17 bits per heavy atom. The molecule has 0 unspecified atom stereocenters. The van der Waals surface area contributed by atoms with Gasteiger partial charge in [-0.2, -0.15) is 11.8 Å². The minimum Gasteiger partial charge on any atom is -0.399 e. The molecule has 0 heterocycles. The van der Waals surface area contributed by atoms with E-state index in [4.69, 9.17) is 5.73 Å². The molecule has 0 aliphatic carbocycles. The third kappa shape index (κ3) is 7.65. The van der Waals surface area contributed by atoms with Crippen LogP contribution < -0.4 is 5.73 Å². The van der Waals surface area contributed by atoms with Crippen LogP contribution in [0.4, 0.5) is 5.69 Å². The summed E-state index contributed by atoms with van der Waals surface area (Å²) >= 11 is 2.04. The van der Waals surface area contributed by atoms with E-state index in [2.05, 4.69) is 19.1 Å². The molecule has 1 rings (SSSR count). The second kappa shape index (κ2) is 10.3. The van der Waals surface area contributed by atoms with Crippen LogP contribution in [0.2, 0.25) is 0 Å². The van der Waals surface area contributed by atoms with Crippen LogP contribution in [0.25, 0.3) is 0 Å². The third-order valence-corrected chi connectivity index (χ3v) is 4.26. The number of nitrogens with two attached hydrogens (primary N) is 1. The molecule has 18 heavy (non-hydrogen) atoms. The van der Waals surface area contributed by atoms with Gasteiger partial charge in [-0.1, -0.05) is 57.6 Å². The first-order chi connectivity index (χ1) is 8.83. The summed E-state index contributed by atoms with van der Waals surface area (Å²) in [7, 11) is 0. The Kier molecular flexibility index (Phi) is 8.83. The Morgan fingerprint density at radius 1 is 0.889 bits per heavy atom. The molecule has 0 aliphatic heterocycles. The van der Waals surface area contributed by atoms with Crippen LogP contribution in [-0.2, 0) is 5.75 Å². The van der Waals surface area contributed by atoms with Gasteiger partial charge < -0.3 is 5.73 Å². The molecule has 0 radical (unpaired) electrons. The largest absolute Gasteiger partial charge is 0.399 e. The summed E-state index contributed by atoms with van der Waals surface area (Å²) in [6.07, 6.45) is 9.79. The standard InChI is InChI=1S/C16H27NS/c1-2-3-4-5-6-7-8-13-18-14-15-9-11-16(17)12-10-15/h9-12H,2-8,13-14,17H2,1H3.